The van der Waals surface area contributed by atoms with E-state index in [1.807, 2.05) is 21.1 Å². The molecule has 0 saturated carbocycles. The zero-order valence-corrected chi connectivity index (χ0v) is 29.3. The Labute approximate surface area is 275 Å². The fourth-order valence-electron chi connectivity index (χ4n) is 6.98. The van der Waals surface area contributed by atoms with Crippen molar-refractivity contribution >= 4 is 59.8 Å². The largest absolute Gasteiger partial charge is 0.378 e. The molecule has 248 valence electrons. The molecule has 1 unspecified atom stereocenters. The summed E-state index contributed by atoms with van der Waals surface area (Å²) in [5.74, 6) is 5.20. The fourth-order valence-corrected chi connectivity index (χ4v) is 9.07. The number of amides is 1. The van der Waals surface area contributed by atoms with Crippen LogP contribution in [0.1, 0.15) is 45.4 Å². The predicted molar refractivity (Wildman–Crippen MR) is 189 cm³/mol. The normalized spacial score (nSPS) is 18.8. The number of rotatable bonds is 10. The number of primary amides is 1. The van der Waals surface area contributed by atoms with Crippen molar-refractivity contribution in [2.75, 3.05) is 63.6 Å². The van der Waals surface area contributed by atoms with Crippen molar-refractivity contribution in [3.63, 3.8) is 0 Å². The number of carbonyl (C=O) groups excluding carboxylic acids is 1. The predicted octanol–water partition coefficient (Wildman–Crippen LogP) is 3.95. The molecule has 4 aromatic rings. The SMILES string of the molecule is C=S(C)(=O)N1CCN(Cc2cc3nc(-c4cccc5nn(C(C)(C)CC(C)(C)CC(N)=O)cc45)nc(N4CCOCC4)c3s2)CC1. The molecule has 2 aliphatic rings. The van der Waals surface area contributed by atoms with Crippen molar-refractivity contribution in [3.8, 4) is 11.4 Å². The lowest BCUT2D eigenvalue weighted by atomic mass is 9.77. The van der Waals surface area contributed by atoms with Gasteiger partial charge in [-0.05, 0) is 43.7 Å². The van der Waals surface area contributed by atoms with E-state index in [2.05, 4.69) is 61.7 Å². The summed E-state index contributed by atoms with van der Waals surface area (Å²) in [5, 5.41) is 5.97. The van der Waals surface area contributed by atoms with Gasteiger partial charge in [-0.3, -0.25) is 18.6 Å². The summed E-state index contributed by atoms with van der Waals surface area (Å²) in [4.78, 5) is 28.1. The molecule has 2 aliphatic heterocycles. The van der Waals surface area contributed by atoms with Crippen LogP contribution in [0.5, 0.6) is 0 Å². The van der Waals surface area contributed by atoms with Gasteiger partial charge in [0.25, 0.3) is 0 Å². The van der Waals surface area contributed by atoms with Gasteiger partial charge >= 0.3 is 0 Å². The van der Waals surface area contributed by atoms with E-state index in [1.165, 1.54) is 4.88 Å². The number of thiophene rings is 1. The summed E-state index contributed by atoms with van der Waals surface area (Å²) in [6, 6.07) is 8.32. The molecule has 2 N–H and O–H groups in total. The molecule has 0 aliphatic carbocycles. The molecule has 11 nitrogen and oxygen atoms in total. The Bertz CT molecular complexity index is 1850. The number of nitrogens with two attached hydrogens (primary N) is 1. The molecule has 13 heteroatoms. The molecule has 1 atom stereocenters. The van der Waals surface area contributed by atoms with Crippen LogP contribution in [0.3, 0.4) is 0 Å². The van der Waals surface area contributed by atoms with Gasteiger partial charge in [0.15, 0.2) is 11.6 Å². The van der Waals surface area contributed by atoms with Crippen LogP contribution in [-0.4, -0.2) is 104 Å². The van der Waals surface area contributed by atoms with E-state index in [1.54, 1.807) is 17.6 Å². The van der Waals surface area contributed by atoms with Crippen LogP contribution in [-0.2, 0) is 31.3 Å². The number of fused-ring (bicyclic) bond motifs is 2. The lowest BCUT2D eigenvalue weighted by molar-refractivity contribution is -0.120. The number of hydrogen-bond donors (Lipinski definition) is 1. The first-order valence-corrected chi connectivity index (χ1v) is 18.8. The number of benzene rings is 1. The minimum absolute atomic E-state index is 0.271. The Hall–Kier alpha value is -3.10. The van der Waals surface area contributed by atoms with Gasteiger partial charge in [-0.2, -0.15) is 5.10 Å². The smallest absolute Gasteiger partial charge is 0.217 e. The number of piperazine rings is 1. The summed E-state index contributed by atoms with van der Waals surface area (Å²) < 4.78 is 23.2. The lowest BCUT2D eigenvalue weighted by Gasteiger charge is -2.34. The third-order valence-corrected chi connectivity index (χ3v) is 11.5. The fraction of sp³-hybridized carbons (Fsp3) is 0.545. The van der Waals surface area contributed by atoms with Crippen LogP contribution in [0, 0.1) is 5.41 Å². The Morgan fingerprint density at radius 2 is 1.78 bits per heavy atom. The summed E-state index contributed by atoms with van der Waals surface area (Å²) in [5.41, 5.74) is 7.68. The number of hydrogen-bond acceptors (Lipinski definition) is 9. The van der Waals surface area contributed by atoms with Crippen molar-refractivity contribution < 1.29 is 13.7 Å². The zero-order chi connectivity index (χ0) is 32.9. The van der Waals surface area contributed by atoms with Gasteiger partial charge in [-0.1, -0.05) is 26.0 Å². The van der Waals surface area contributed by atoms with Crippen LogP contribution in [0.4, 0.5) is 5.82 Å². The maximum Gasteiger partial charge on any atom is 0.217 e. The van der Waals surface area contributed by atoms with Crippen molar-refractivity contribution in [3.05, 3.63) is 35.3 Å². The van der Waals surface area contributed by atoms with E-state index in [0.29, 0.717) is 25.5 Å². The average Bonchev–Trinajstić information content (AvgIpc) is 3.60. The quantitative estimate of drug-likeness (QED) is 0.253. The molecule has 0 bridgehead atoms. The second-order valence-electron chi connectivity index (χ2n) is 14.2. The molecular weight excluding hydrogens is 621 g/mol. The van der Waals surface area contributed by atoms with Crippen molar-refractivity contribution in [1.82, 2.24) is 29.0 Å². The molecule has 0 radical (unpaired) electrons. The van der Waals surface area contributed by atoms with Crippen LogP contribution >= 0.6 is 11.3 Å². The molecule has 3 aromatic heterocycles. The number of aromatic nitrogens is 4. The van der Waals surface area contributed by atoms with Gasteiger partial charge < -0.3 is 15.4 Å². The molecule has 0 spiro atoms. The van der Waals surface area contributed by atoms with Gasteiger partial charge in [0, 0.05) is 90.2 Å². The summed E-state index contributed by atoms with van der Waals surface area (Å²) in [6.45, 7) is 15.4. The van der Waals surface area contributed by atoms with Crippen LogP contribution < -0.4 is 10.6 Å². The minimum Gasteiger partial charge on any atom is -0.378 e. The molecular formula is C33H46N8O3S2. The van der Waals surface area contributed by atoms with Crippen LogP contribution in [0.25, 0.3) is 32.5 Å². The molecule has 46 heavy (non-hydrogen) atoms. The monoisotopic (exact) mass is 666 g/mol. The first-order chi connectivity index (χ1) is 21.7. The molecule has 6 rings (SSSR count). The first kappa shape index (κ1) is 32.8. The van der Waals surface area contributed by atoms with Crippen LogP contribution in [0.2, 0.25) is 0 Å². The number of carbonyl (C=O) groups is 1. The van der Waals surface area contributed by atoms with E-state index in [4.69, 9.17) is 25.5 Å². The lowest BCUT2D eigenvalue weighted by Crippen LogP contribution is -2.47. The topological polar surface area (TPSA) is 123 Å². The van der Waals surface area contributed by atoms with E-state index in [-0.39, 0.29) is 16.9 Å². The van der Waals surface area contributed by atoms with E-state index < -0.39 is 9.71 Å². The average molecular weight is 667 g/mol. The van der Waals surface area contributed by atoms with Gasteiger partial charge in [-0.15, -0.1) is 11.3 Å². The number of ether oxygens (including phenoxy) is 1. The number of morpholine rings is 1. The maximum absolute atomic E-state index is 12.4. The molecule has 2 fully saturated rings. The van der Waals surface area contributed by atoms with Gasteiger partial charge in [0.2, 0.25) is 5.91 Å². The highest BCUT2D eigenvalue weighted by atomic mass is 32.2. The molecule has 5 heterocycles. The Balaban J connectivity index is 1.35. The highest BCUT2D eigenvalue weighted by molar-refractivity contribution is 7.97. The Morgan fingerprint density at radius 3 is 2.46 bits per heavy atom. The summed E-state index contributed by atoms with van der Waals surface area (Å²) in [6.07, 6.45) is 4.86. The summed E-state index contributed by atoms with van der Waals surface area (Å²) >= 11 is 1.76. The maximum atomic E-state index is 12.4. The third-order valence-electron chi connectivity index (χ3n) is 8.95. The van der Waals surface area contributed by atoms with Gasteiger partial charge in [0.05, 0.1) is 34.5 Å². The first-order valence-electron chi connectivity index (χ1n) is 15.9. The Morgan fingerprint density at radius 1 is 1.07 bits per heavy atom. The Kier molecular flexibility index (Phi) is 8.92. The van der Waals surface area contributed by atoms with E-state index >= 15 is 0 Å². The standard InChI is InChI=1S/C33H46N8O3S2/c1-32(2,19-28(34)42)22-33(3,4)41-21-25-24(8-7-9-26(25)37-41)30-35-27-18-23(20-38-10-12-40(13-11-38)46(5,6)43)45-29(27)31(36-30)39-14-16-44-17-15-39/h7-9,18,21H,5,10-17,19-20,22H2,1-4,6H3,(H2,34,42). The van der Waals surface area contributed by atoms with E-state index in [9.17, 15) is 9.00 Å². The highest BCUT2D eigenvalue weighted by Gasteiger charge is 2.33. The molecule has 1 amide bonds. The van der Waals surface area contributed by atoms with Crippen molar-refractivity contribution in [1.29, 1.82) is 0 Å². The number of anilines is 1. The van der Waals surface area contributed by atoms with E-state index in [0.717, 1.165) is 84.7 Å². The number of nitrogens with zero attached hydrogens (tertiary/aromatic N) is 7. The second-order valence-corrected chi connectivity index (χ2v) is 17.7. The van der Waals surface area contributed by atoms with Gasteiger partial charge in [-0.25, -0.2) is 14.3 Å². The summed E-state index contributed by atoms with van der Waals surface area (Å²) in [7, 11) is -2.17. The highest BCUT2D eigenvalue weighted by Crippen LogP contribution is 2.39. The molecule has 2 saturated heterocycles. The van der Waals surface area contributed by atoms with Crippen molar-refractivity contribution in [2.45, 2.75) is 52.6 Å². The third kappa shape index (κ3) is 7.08. The zero-order valence-electron chi connectivity index (χ0n) is 27.6. The van der Waals surface area contributed by atoms with Crippen molar-refractivity contribution in [2.24, 2.45) is 11.1 Å². The van der Waals surface area contributed by atoms with Gasteiger partial charge in [0.1, 0.15) is 0 Å². The second kappa shape index (κ2) is 12.5. The molecule has 1 aromatic carbocycles. The minimum atomic E-state index is -2.17. The van der Waals surface area contributed by atoms with Crippen LogP contribution in [0.15, 0.2) is 30.5 Å².